The maximum Gasteiger partial charge on any atom is 0.136 e. The first kappa shape index (κ1) is 16.5. The van der Waals surface area contributed by atoms with Crippen LogP contribution >= 0.6 is 11.8 Å². The first-order valence-electron chi connectivity index (χ1n) is 6.95. The van der Waals surface area contributed by atoms with Crippen LogP contribution in [0.1, 0.15) is 26.7 Å². The minimum atomic E-state index is -0.149. The zero-order chi connectivity index (χ0) is 14.1. The van der Waals surface area contributed by atoms with Crippen LogP contribution in [-0.4, -0.2) is 41.5 Å². The molecule has 0 saturated heterocycles. The smallest absolute Gasteiger partial charge is 0.136 e. The largest absolute Gasteiger partial charge is 0.395 e. The van der Waals surface area contributed by atoms with E-state index in [1.807, 2.05) is 12.1 Å². The number of nitrogens with zero attached hydrogens (tertiary/aromatic N) is 1. The van der Waals surface area contributed by atoms with Crippen molar-refractivity contribution in [3.63, 3.8) is 0 Å². The third kappa shape index (κ3) is 5.51. The Labute approximate surface area is 120 Å². The fraction of sp³-hybridized carbons (Fsp3) is 0.600. The third-order valence-electron chi connectivity index (χ3n) is 3.32. The minimum Gasteiger partial charge on any atom is -0.395 e. The zero-order valence-corrected chi connectivity index (χ0v) is 12.6. The van der Waals surface area contributed by atoms with E-state index in [-0.39, 0.29) is 12.4 Å². The molecule has 1 aromatic rings. The molecule has 0 aliphatic carbocycles. The van der Waals surface area contributed by atoms with Crippen molar-refractivity contribution in [1.82, 2.24) is 4.90 Å². The van der Waals surface area contributed by atoms with Gasteiger partial charge in [0.2, 0.25) is 0 Å². The van der Waals surface area contributed by atoms with E-state index in [0.717, 1.165) is 25.1 Å². The van der Waals surface area contributed by atoms with Gasteiger partial charge in [-0.25, -0.2) is 4.39 Å². The highest BCUT2D eigenvalue weighted by Crippen LogP contribution is 2.21. The molecule has 0 amide bonds. The van der Waals surface area contributed by atoms with Gasteiger partial charge in [0.25, 0.3) is 0 Å². The molecule has 0 fully saturated rings. The lowest BCUT2D eigenvalue weighted by molar-refractivity contribution is 0.151. The van der Waals surface area contributed by atoms with E-state index in [1.54, 1.807) is 17.8 Å². The molecule has 0 atom stereocenters. The van der Waals surface area contributed by atoms with Gasteiger partial charge in [-0.3, -0.25) is 4.90 Å². The molecule has 0 spiro atoms. The van der Waals surface area contributed by atoms with Crippen molar-refractivity contribution in [2.45, 2.75) is 37.6 Å². The van der Waals surface area contributed by atoms with Crippen LogP contribution < -0.4 is 0 Å². The van der Waals surface area contributed by atoms with Gasteiger partial charge in [-0.15, -0.1) is 11.8 Å². The maximum atomic E-state index is 13.5. The van der Waals surface area contributed by atoms with Gasteiger partial charge in [0.15, 0.2) is 0 Å². The number of halogens is 1. The third-order valence-corrected chi connectivity index (χ3v) is 4.35. The van der Waals surface area contributed by atoms with E-state index in [2.05, 4.69) is 18.7 Å². The second-order valence-corrected chi connectivity index (χ2v) is 5.65. The summed E-state index contributed by atoms with van der Waals surface area (Å²) in [6, 6.07) is 7.38. The lowest BCUT2D eigenvalue weighted by atomic mass is 10.1. The summed E-state index contributed by atoms with van der Waals surface area (Å²) < 4.78 is 13.5. The van der Waals surface area contributed by atoms with E-state index < -0.39 is 0 Å². The van der Waals surface area contributed by atoms with Crippen LogP contribution in [0.3, 0.4) is 0 Å². The van der Waals surface area contributed by atoms with Gasteiger partial charge in [0.1, 0.15) is 5.82 Å². The maximum absolute atomic E-state index is 13.5. The molecule has 0 heterocycles. The highest BCUT2D eigenvalue weighted by Gasteiger charge is 2.14. The summed E-state index contributed by atoms with van der Waals surface area (Å²) in [7, 11) is 0. The van der Waals surface area contributed by atoms with Crippen molar-refractivity contribution in [3.05, 3.63) is 30.1 Å². The Bertz CT molecular complexity index is 358. The summed E-state index contributed by atoms with van der Waals surface area (Å²) in [5.41, 5.74) is 0. The molecule has 0 saturated carbocycles. The topological polar surface area (TPSA) is 23.5 Å². The molecule has 4 heteroatoms. The average Bonchev–Trinajstić information content (AvgIpc) is 2.42. The molecule has 0 unspecified atom stereocenters. The van der Waals surface area contributed by atoms with Crippen molar-refractivity contribution in [2.75, 3.05) is 25.4 Å². The molecule has 0 aliphatic heterocycles. The predicted molar refractivity (Wildman–Crippen MR) is 80.2 cm³/mol. The van der Waals surface area contributed by atoms with Crippen LogP contribution in [0.2, 0.25) is 0 Å². The second kappa shape index (κ2) is 9.34. The van der Waals surface area contributed by atoms with E-state index in [4.69, 9.17) is 5.11 Å². The normalized spacial score (nSPS) is 11.5. The van der Waals surface area contributed by atoms with Gasteiger partial charge in [0, 0.05) is 29.8 Å². The standard InChI is InChI=1S/C15H24FNOS/c1-3-13(4-2)17(9-11-18)10-12-19-15-8-6-5-7-14(15)16/h5-8,13,18H,3-4,9-12H2,1-2H3. The van der Waals surface area contributed by atoms with Gasteiger partial charge in [-0.2, -0.15) is 0 Å². The van der Waals surface area contributed by atoms with Gasteiger partial charge < -0.3 is 5.11 Å². The van der Waals surface area contributed by atoms with E-state index in [0.29, 0.717) is 17.5 Å². The van der Waals surface area contributed by atoms with Crippen LogP contribution in [0.25, 0.3) is 0 Å². The number of aliphatic hydroxyl groups is 1. The van der Waals surface area contributed by atoms with Crippen LogP contribution in [0.5, 0.6) is 0 Å². The van der Waals surface area contributed by atoms with E-state index >= 15 is 0 Å². The zero-order valence-electron chi connectivity index (χ0n) is 11.8. The van der Waals surface area contributed by atoms with Crippen LogP contribution in [0, 0.1) is 5.82 Å². The number of benzene rings is 1. The molecule has 19 heavy (non-hydrogen) atoms. The Morgan fingerprint density at radius 3 is 2.47 bits per heavy atom. The highest BCUT2D eigenvalue weighted by atomic mass is 32.2. The Balaban J connectivity index is 2.46. The lowest BCUT2D eigenvalue weighted by Gasteiger charge is -2.29. The molecule has 108 valence electrons. The second-order valence-electron chi connectivity index (χ2n) is 4.51. The van der Waals surface area contributed by atoms with Gasteiger partial charge >= 0.3 is 0 Å². The molecule has 1 rings (SSSR count). The van der Waals surface area contributed by atoms with E-state index in [1.165, 1.54) is 6.07 Å². The molecule has 1 N–H and O–H groups in total. The Morgan fingerprint density at radius 1 is 1.21 bits per heavy atom. The Hall–Kier alpha value is -0.580. The van der Waals surface area contributed by atoms with Crippen molar-refractivity contribution < 1.29 is 9.50 Å². The SMILES string of the molecule is CCC(CC)N(CCO)CCSc1ccccc1F. The monoisotopic (exact) mass is 285 g/mol. The molecular formula is C15H24FNOS. The van der Waals surface area contributed by atoms with Gasteiger partial charge in [-0.1, -0.05) is 26.0 Å². The average molecular weight is 285 g/mol. The van der Waals surface area contributed by atoms with Crippen molar-refractivity contribution >= 4 is 11.8 Å². The quantitative estimate of drug-likeness (QED) is 0.703. The van der Waals surface area contributed by atoms with Crippen LogP contribution in [0.15, 0.2) is 29.2 Å². The number of hydrogen-bond acceptors (Lipinski definition) is 3. The predicted octanol–water partition coefficient (Wildman–Crippen LogP) is 3.40. The summed E-state index contributed by atoms with van der Waals surface area (Å²) in [6.45, 7) is 6.10. The number of rotatable bonds is 9. The van der Waals surface area contributed by atoms with Crippen LogP contribution in [-0.2, 0) is 0 Å². The molecule has 1 aromatic carbocycles. The number of hydrogen-bond donors (Lipinski definition) is 1. The number of thioether (sulfide) groups is 1. The van der Waals surface area contributed by atoms with E-state index in [9.17, 15) is 4.39 Å². The molecule has 0 aromatic heterocycles. The fourth-order valence-electron chi connectivity index (χ4n) is 2.25. The van der Waals surface area contributed by atoms with Crippen molar-refractivity contribution in [2.24, 2.45) is 0 Å². The summed E-state index contributed by atoms with van der Waals surface area (Å²) >= 11 is 1.54. The fourth-order valence-corrected chi connectivity index (χ4v) is 3.17. The van der Waals surface area contributed by atoms with Crippen molar-refractivity contribution in [1.29, 1.82) is 0 Å². The lowest BCUT2D eigenvalue weighted by Crippen LogP contribution is -2.38. The first-order chi connectivity index (χ1) is 9.22. The summed E-state index contributed by atoms with van der Waals surface area (Å²) in [5, 5.41) is 9.13. The molecule has 0 bridgehead atoms. The Kier molecular flexibility index (Phi) is 8.10. The minimum absolute atomic E-state index is 0.149. The molecular weight excluding hydrogens is 261 g/mol. The molecule has 0 aliphatic rings. The summed E-state index contributed by atoms with van der Waals surface area (Å²) in [6.07, 6.45) is 2.17. The molecule has 0 radical (unpaired) electrons. The highest BCUT2D eigenvalue weighted by molar-refractivity contribution is 7.99. The van der Waals surface area contributed by atoms with Crippen LogP contribution in [0.4, 0.5) is 4.39 Å². The first-order valence-corrected chi connectivity index (χ1v) is 7.93. The van der Waals surface area contributed by atoms with Gasteiger partial charge in [-0.05, 0) is 25.0 Å². The van der Waals surface area contributed by atoms with Gasteiger partial charge in [0.05, 0.1) is 6.61 Å². The molecule has 2 nitrogen and oxygen atoms in total. The summed E-state index contributed by atoms with van der Waals surface area (Å²) in [4.78, 5) is 3.00. The number of aliphatic hydroxyl groups excluding tert-OH is 1. The summed E-state index contributed by atoms with van der Waals surface area (Å²) in [5.74, 6) is 0.695. The van der Waals surface area contributed by atoms with Crippen molar-refractivity contribution in [3.8, 4) is 0 Å². The Morgan fingerprint density at radius 2 is 1.89 bits per heavy atom.